The Hall–Kier alpha value is -3.17. The second-order valence-electron chi connectivity index (χ2n) is 5.75. The Morgan fingerprint density at radius 1 is 1.17 bits per heavy atom. The van der Waals surface area contributed by atoms with Crippen molar-refractivity contribution in [3.8, 4) is 11.5 Å². The van der Waals surface area contributed by atoms with E-state index in [1.807, 2.05) is 13.0 Å². The summed E-state index contributed by atoms with van der Waals surface area (Å²) in [4.78, 5) is 7.86. The van der Waals surface area contributed by atoms with Gasteiger partial charge in [-0.25, -0.2) is 4.98 Å². The first-order valence-corrected chi connectivity index (χ1v) is 8.93. The molecule has 1 aromatic heterocycles. The number of alkyl halides is 3. The van der Waals surface area contributed by atoms with Gasteiger partial charge in [-0.2, -0.15) is 13.2 Å². The number of anilines is 2. The second kappa shape index (κ2) is 10.4. The van der Waals surface area contributed by atoms with Crippen LogP contribution in [0.15, 0.2) is 41.5 Å². The van der Waals surface area contributed by atoms with Crippen LogP contribution in [0.4, 0.5) is 24.7 Å². The number of rotatable bonds is 8. The minimum absolute atomic E-state index is 0.207. The molecule has 2 aromatic rings. The SMILES string of the molecule is CCOc1ccc(NC(=NC)NCCNc2ncccc2C(F)(F)F)cc1OC. The van der Waals surface area contributed by atoms with Crippen LogP contribution in [0.3, 0.4) is 0 Å². The lowest BCUT2D eigenvalue weighted by Gasteiger charge is -2.16. The first-order chi connectivity index (χ1) is 13.9. The summed E-state index contributed by atoms with van der Waals surface area (Å²) in [6, 6.07) is 7.59. The molecule has 3 N–H and O–H groups in total. The highest BCUT2D eigenvalue weighted by Gasteiger charge is 2.33. The highest BCUT2D eigenvalue weighted by Crippen LogP contribution is 2.33. The molecule has 0 aliphatic rings. The quantitative estimate of drug-likeness (QED) is 0.350. The Morgan fingerprint density at radius 3 is 2.62 bits per heavy atom. The summed E-state index contributed by atoms with van der Waals surface area (Å²) < 4.78 is 49.7. The third-order valence-electron chi connectivity index (χ3n) is 3.77. The zero-order valence-electron chi connectivity index (χ0n) is 16.4. The summed E-state index contributed by atoms with van der Waals surface area (Å²) in [5, 5.41) is 8.80. The number of hydrogen-bond donors (Lipinski definition) is 3. The zero-order chi connectivity index (χ0) is 21.3. The van der Waals surface area contributed by atoms with E-state index in [4.69, 9.17) is 9.47 Å². The normalized spacial score (nSPS) is 11.7. The van der Waals surface area contributed by atoms with Crippen molar-refractivity contribution in [2.75, 3.05) is 44.5 Å². The van der Waals surface area contributed by atoms with Crippen LogP contribution >= 0.6 is 0 Å². The van der Waals surface area contributed by atoms with Gasteiger partial charge in [0.2, 0.25) is 0 Å². The van der Waals surface area contributed by atoms with Crippen molar-refractivity contribution >= 4 is 17.5 Å². The Morgan fingerprint density at radius 2 is 1.97 bits per heavy atom. The molecule has 0 saturated carbocycles. The number of benzene rings is 1. The Kier molecular flexibility index (Phi) is 7.93. The number of methoxy groups -OCH3 is 1. The molecule has 1 aromatic carbocycles. The molecule has 0 bridgehead atoms. The number of hydrogen-bond acceptors (Lipinski definition) is 5. The van der Waals surface area contributed by atoms with E-state index in [-0.39, 0.29) is 12.4 Å². The molecule has 1 heterocycles. The van der Waals surface area contributed by atoms with Crippen molar-refractivity contribution in [3.63, 3.8) is 0 Å². The molecule has 2 rings (SSSR count). The molecule has 0 radical (unpaired) electrons. The number of aliphatic imine (C=N–C) groups is 1. The van der Waals surface area contributed by atoms with Crippen molar-refractivity contribution in [1.29, 1.82) is 0 Å². The topological polar surface area (TPSA) is 79.8 Å². The monoisotopic (exact) mass is 411 g/mol. The average Bonchev–Trinajstić information content (AvgIpc) is 2.71. The fraction of sp³-hybridized carbons (Fsp3) is 0.368. The van der Waals surface area contributed by atoms with Gasteiger partial charge in [0.25, 0.3) is 0 Å². The average molecular weight is 411 g/mol. The number of guanidine groups is 1. The highest BCUT2D eigenvalue weighted by molar-refractivity contribution is 5.93. The predicted octanol–water partition coefficient (Wildman–Crippen LogP) is 3.61. The van der Waals surface area contributed by atoms with Crippen LogP contribution in [-0.4, -0.2) is 44.8 Å². The number of aromatic nitrogens is 1. The molecule has 10 heteroatoms. The van der Waals surface area contributed by atoms with Gasteiger partial charge in [0.05, 0.1) is 19.3 Å². The lowest BCUT2D eigenvalue weighted by Crippen LogP contribution is -2.34. The predicted molar refractivity (Wildman–Crippen MR) is 107 cm³/mol. The number of ether oxygens (including phenoxy) is 2. The number of halogens is 3. The molecule has 0 atom stereocenters. The van der Waals surface area contributed by atoms with Gasteiger partial charge < -0.3 is 25.4 Å². The van der Waals surface area contributed by atoms with Crippen LogP contribution < -0.4 is 25.4 Å². The minimum Gasteiger partial charge on any atom is -0.493 e. The van der Waals surface area contributed by atoms with Crippen LogP contribution in [0.5, 0.6) is 11.5 Å². The molecule has 0 spiro atoms. The van der Waals surface area contributed by atoms with Gasteiger partial charge in [0.1, 0.15) is 5.82 Å². The van der Waals surface area contributed by atoms with E-state index in [9.17, 15) is 13.2 Å². The van der Waals surface area contributed by atoms with E-state index in [1.54, 1.807) is 26.3 Å². The Balaban J connectivity index is 1.91. The van der Waals surface area contributed by atoms with Crippen molar-refractivity contribution in [2.45, 2.75) is 13.1 Å². The van der Waals surface area contributed by atoms with Crippen LogP contribution in [0.1, 0.15) is 12.5 Å². The molecule has 0 fully saturated rings. The molecule has 0 unspecified atom stereocenters. The largest absolute Gasteiger partial charge is 0.493 e. The van der Waals surface area contributed by atoms with Gasteiger partial charge in [-0.1, -0.05) is 0 Å². The standard InChI is InChI=1S/C19H24F3N5O2/c1-4-29-15-8-7-13(12-16(15)28-3)27-18(23-2)26-11-10-25-17-14(19(20,21)22)6-5-9-24-17/h5-9,12H,4,10-11H2,1-3H3,(H,24,25)(H2,23,26,27). The first-order valence-electron chi connectivity index (χ1n) is 8.93. The van der Waals surface area contributed by atoms with E-state index in [2.05, 4.69) is 25.9 Å². The maximum atomic E-state index is 13.0. The smallest absolute Gasteiger partial charge is 0.419 e. The molecule has 0 aliphatic carbocycles. The van der Waals surface area contributed by atoms with Crippen molar-refractivity contribution < 1.29 is 22.6 Å². The van der Waals surface area contributed by atoms with Crippen LogP contribution in [0.25, 0.3) is 0 Å². The third-order valence-corrected chi connectivity index (χ3v) is 3.77. The van der Waals surface area contributed by atoms with Gasteiger partial charge in [0, 0.05) is 38.1 Å². The van der Waals surface area contributed by atoms with E-state index in [0.29, 0.717) is 30.6 Å². The van der Waals surface area contributed by atoms with Crippen LogP contribution in [0, 0.1) is 0 Å². The van der Waals surface area contributed by atoms with E-state index in [1.165, 1.54) is 12.3 Å². The second-order valence-corrected chi connectivity index (χ2v) is 5.75. The first kappa shape index (κ1) is 22.1. The molecular formula is C19H24F3N5O2. The molecule has 7 nitrogen and oxygen atoms in total. The maximum Gasteiger partial charge on any atom is 0.419 e. The molecule has 158 valence electrons. The molecule has 0 aliphatic heterocycles. The van der Waals surface area contributed by atoms with Crippen molar-refractivity contribution in [2.24, 2.45) is 4.99 Å². The van der Waals surface area contributed by atoms with Gasteiger partial charge in [-0.05, 0) is 31.2 Å². The Labute approximate surface area is 167 Å². The van der Waals surface area contributed by atoms with Crippen LogP contribution in [-0.2, 0) is 6.18 Å². The fourth-order valence-corrected chi connectivity index (χ4v) is 2.47. The van der Waals surface area contributed by atoms with E-state index in [0.717, 1.165) is 11.8 Å². The lowest BCUT2D eigenvalue weighted by molar-refractivity contribution is -0.137. The minimum atomic E-state index is -4.46. The summed E-state index contributed by atoms with van der Waals surface area (Å²) in [5.74, 6) is 1.45. The van der Waals surface area contributed by atoms with Crippen molar-refractivity contribution in [3.05, 3.63) is 42.1 Å². The fourth-order valence-electron chi connectivity index (χ4n) is 2.47. The lowest BCUT2D eigenvalue weighted by atomic mass is 10.2. The zero-order valence-corrected chi connectivity index (χ0v) is 16.4. The highest BCUT2D eigenvalue weighted by atomic mass is 19.4. The molecular weight excluding hydrogens is 387 g/mol. The summed E-state index contributed by atoms with van der Waals surface area (Å²) in [7, 11) is 3.14. The van der Waals surface area contributed by atoms with Gasteiger partial charge in [0.15, 0.2) is 17.5 Å². The molecule has 0 saturated heterocycles. The van der Waals surface area contributed by atoms with E-state index >= 15 is 0 Å². The Bertz CT molecular complexity index is 828. The van der Waals surface area contributed by atoms with Gasteiger partial charge in [-0.3, -0.25) is 4.99 Å². The maximum absolute atomic E-state index is 13.0. The summed E-state index contributed by atoms with van der Waals surface area (Å²) >= 11 is 0. The number of pyridine rings is 1. The van der Waals surface area contributed by atoms with Gasteiger partial charge in [-0.15, -0.1) is 0 Å². The number of nitrogens with zero attached hydrogens (tertiary/aromatic N) is 2. The number of nitrogens with one attached hydrogen (secondary N) is 3. The summed E-state index contributed by atoms with van der Waals surface area (Å²) in [6.45, 7) is 2.94. The van der Waals surface area contributed by atoms with Crippen LogP contribution in [0.2, 0.25) is 0 Å². The van der Waals surface area contributed by atoms with E-state index < -0.39 is 11.7 Å². The summed E-state index contributed by atoms with van der Waals surface area (Å²) in [5.41, 5.74) is -0.0839. The van der Waals surface area contributed by atoms with Gasteiger partial charge >= 0.3 is 6.18 Å². The molecule has 29 heavy (non-hydrogen) atoms. The summed E-state index contributed by atoms with van der Waals surface area (Å²) in [6.07, 6.45) is -3.15. The van der Waals surface area contributed by atoms with Crippen molar-refractivity contribution in [1.82, 2.24) is 10.3 Å². The molecule has 0 amide bonds. The third kappa shape index (κ3) is 6.44.